The predicted octanol–water partition coefficient (Wildman–Crippen LogP) is 3.80. The average molecular weight is 268 g/mol. The maximum atomic E-state index is 4.26. The first-order valence-corrected chi connectivity index (χ1v) is 7.34. The van der Waals surface area contributed by atoms with E-state index in [2.05, 4.69) is 51.4 Å². The van der Waals surface area contributed by atoms with E-state index in [0.717, 1.165) is 6.42 Å². The molecule has 0 amide bonds. The molecule has 0 saturated heterocycles. The Bertz CT molecular complexity index is 656. The Morgan fingerprint density at radius 1 is 1.26 bits per heavy atom. The number of aromatic nitrogens is 1. The van der Waals surface area contributed by atoms with Gasteiger partial charge in [-0.2, -0.15) is 11.3 Å². The van der Waals surface area contributed by atoms with E-state index in [-0.39, 0.29) is 0 Å². The Balaban J connectivity index is 2.01. The lowest BCUT2D eigenvalue weighted by molar-refractivity contribution is 0.597. The first-order valence-electron chi connectivity index (χ1n) is 6.39. The van der Waals surface area contributed by atoms with Crippen LogP contribution in [0.4, 0.5) is 0 Å². The standard InChI is InChI=1S/C16H16N2S/c1-17-16(9-12-6-8-19-11-12)14-4-2-3-13-5-7-18-10-15(13)14/h2-8,10-11,16-17H,9H2,1H3. The number of rotatable bonds is 4. The number of hydrogen-bond acceptors (Lipinski definition) is 3. The van der Waals surface area contributed by atoms with Gasteiger partial charge in [0.2, 0.25) is 0 Å². The minimum Gasteiger partial charge on any atom is -0.313 e. The quantitative estimate of drug-likeness (QED) is 0.778. The number of fused-ring (bicyclic) bond motifs is 1. The van der Waals surface area contributed by atoms with Crippen molar-refractivity contribution >= 4 is 22.1 Å². The lowest BCUT2D eigenvalue weighted by Gasteiger charge is -2.18. The average Bonchev–Trinajstić information content (AvgIpc) is 2.97. The summed E-state index contributed by atoms with van der Waals surface area (Å²) < 4.78 is 0. The Morgan fingerprint density at radius 3 is 3.00 bits per heavy atom. The van der Waals surface area contributed by atoms with Crippen LogP contribution in [0.25, 0.3) is 10.8 Å². The molecule has 1 aromatic carbocycles. The fraction of sp³-hybridized carbons (Fsp3) is 0.188. The maximum Gasteiger partial charge on any atom is 0.0365 e. The van der Waals surface area contributed by atoms with E-state index < -0.39 is 0 Å². The number of pyridine rings is 1. The van der Waals surface area contributed by atoms with Crippen molar-refractivity contribution in [2.24, 2.45) is 0 Å². The molecule has 0 aliphatic heterocycles. The van der Waals surface area contributed by atoms with Gasteiger partial charge >= 0.3 is 0 Å². The van der Waals surface area contributed by atoms with Gasteiger partial charge in [0.15, 0.2) is 0 Å². The Hall–Kier alpha value is -1.71. The fourth-order valence-corrected chi connectivity index (χ4v) is 3.13. The van der Waals surface area contributed by atoms with Crippen molar-refractivity contribution in [2.75, 3.05) is 7.05 Å². The van der Waals surface area contributed by atoms with Gasteiger partial charge in [-0.05, 0) is 52.9 Å². The Kier molecular flexibility index (Phi) is 3.58. The van der Waals surface area contributed by atoms with Crippen LogP contribution in [0.15, 0.2) is 53.5 Å². The highest BCUT2D eigenvalue weighted by Crippen LogP contribution is 2.26. The molecule has 0 saturated carbocycles. The molecule has 3 aromatic rings. The van der Waals surface area contributed by atoms with Crippen LogP contribution in [0, 0.1) is 0 Å². The van der Waals surface area contributed by atoms with Crippen LogP contribution in [0.5, 0.6) is 0 Å². The molecule has 1 atom stereocenters. The van der Waals surface area contributed by atoms with Crippen LogP contribution in [0.3, 0.4) is 0 Å². The molecule has 0 bridgehead atoms. The number of nitrogens with zero attached hydrogens (tertiary/aromatic N) is 1. The second-order valence-corrected chi connectivity index (χ2v) is 5.40. The summed E-state index contributed by atoms with van der Waals surface area (Å²) in [4.78, 5) is 4.26. The molecule has 3 heteroatoms. The van der Waals surface area contributed by atoms with E-state index in [1.54, 1.807) is 11.3 Å². The summed E-state index contributed by atoms with van der Waals surface area (Å²) in [6.45, 7) is 0. The monoisotopic (exact) mass is 268 g/mol. The van der Waals surface area contributed by atoms with Crippen LogP contribution in [-0.4, -0.2) is 12.0 Å². The van der Waals surface area contributed by atoms with Crippen molar-refractivity contribution in [2.45, 2.75) is 12.5 Å². The maximum absolute atomic E-state index is 4.26. The van der Waals surface area contributed by atoms with Crippen LogP contribution in [0.2, 0.25) is 0 Å². The molecule has 3 rings (SSSR count). The Labute approximate surface area is 117 Å². The highest BCUT2D eigenvalue weighted by atomic mass is 32.1. The van der Waals surface area contributed by atoms with E-state index in [1.165, 1.54) is 21.9 Å². The van der Waals surface area contributed by atoms with Crippen LogP contribution in [-0.2, 0) is 6.42 Å². The Morgan fingerprint density at radius 2 is 2.21 bits per heavy atom. The summed E-state index contributed by atoms with van der Waals surface area (Å²) >= 11 is 1.75. The lowest BCUT2D eigenvalue weighted by Crippen LogP contribution is -2.18. The zero-order valence-electron chi connectivity index (χ0n) is 10.8. The second kappa shape index (κ2) is 5.51. The molecule has 0 aliphatic rings. The molecule has 19 heavy (non-hydrogen) atoms. The van der Waals surface area contributed by atoms with Gasteiger partial charge in [0.25, 0.3) is 0 Å². The summed E-state index contributed by atoms with van der Waals surface area (Å²) in [7, 11) is 2.02. The van der Waals surface area contributed by atoms with Crippen molar-refractivity contribution in [3.05, 3.63) is 64.6 Å². The normalized spacial score (nSPS) is 12.7. The summed E-state index contributed by atoms with van der Waals surface area (Å²) in [5.41, 5.74) is 2.70. The second-order valence-electron chi connectivity index (χ2n) is 4.62. The van der Waals surface area contributed by atoms with Gasteiger partial charge < -0.3 is 5.32 Å². The molecule has 1 unspecified atom stereocenters. The predicted molar refractivity (Wildman–Crippen MR) is 81.6 cm³/mol. The smallest absolute Gasteiger partial charge is 0.0365 e. The number of likely N-dealkylation sites (N-methyl/N-ethyl adjacent to an activating group) is 1. The van der Waals surface area contributed by atoms with Crippen LogP contribution in [0.1, 0.15) is 17.2 Å². The zero-order valence-corrected chi connectivity index (χ0v) is 11.7. The molecule has 0 aliphatic carbocycles. The van der Waals surface area contributed by atoms with Crippen molar-refractivity contribution < 1.29 is 0 Å². The summed E-state index contributed by atoms with van der Waals surface area (Å²) in [5, 5.41) is 10.3. The molecule has 2 aromatic heterocycles. The minimum absolute atomic E-state index is 0.322. The summed E-state index contributed by atoms with van der Waals surface area (Å²) in [6, 6.07) is 11.0. The van der Waals surface area contributed by atoms with Gasteiger partial charge in [0.05, 0.1) is 0 Å². The van der Waals surface area contributed by atoms with E-state index >= 15 is 0 Å². The van der Waals surface area contributed by atoms with E-state index in [9.17, 15) is 0 Å². The van der Waals surface area contributed by atoms with Crippen molar-refractivity contribution in [3.63, 3.8) is 0 Å². The van der Waals surface area contributed by atoms with E-state index in [4.69, 9.17) is 0 Å². The van der Waals surface area contributed by atoms with Gasteiger partial charge in [0.1, 0.15) is 0 Å². The topological polar surface area (TPSA) is 24.9 Å². The molecule has 2 heterocycles. The summed E-state index contributed by atoms with van der Waals surface area (Å²) in [5.74, 6) is 0. The van der Waals surface area contributed by atoms with Crippen molar-refractivity contribution in [3.8, 4) is 0 Å². The third kappa shape index (κ3) is 2.53. The van der Waals surface area contributed by atoms with Crippen LogP contribution < -0.4 is 5.32 Å². The van der Waals surface area contributed by atoms with E-state index in [1.807, 2.05) is 19.4 Å². The lowest BCUT2D eigenvalue weighted by atomic mass is 9.96. The number of hydrogen-bond donors (Lipinski definition) is 1. The number of benzene rings is 1. The number of nitrogens with one attached hydrogen (secondary N) is 1. The largest absolute Gasteiger partial charge is 0.313 e. The zero-order chi connectivity index (χ0) is 13.1. The molecule has 2 nitrogen and oxygen atoms in total. The highest BCUT2D eigenvalue weighted by molar-refractivity contribution is 7.07. The molecule has 96 valence electrons. The van der Waals surface area contributed by atoms with Crippen LogP contribution >= 0.6 is 11.3 Å². The third-order valence-corrected chi connectivity index (χ3v) is 4.19. The molecular weight excluding hydrogens is 252 g/mol. The van der Waals surface area contributed by atoms with Crippen molar-refractivity contribution in [1.82, 2.24) is 10.3 Å². The minimum atomic E-state index is 0.322. The highest BCUT2D eigenvalue weighted by Gasteiger charge is 2.13. The van der Waals surface area contributed by atoms with E-state index in [0.29, 0.717) is 6.04 Å². The van der Waals surface area contributed by atoms with Crippen molar-refractivity contribution in [1.29, 1.82) is 0 Å². The first-order chi connectivity index (χ1) is 9.38. The molecule has 1 N–H and O–H groups in total. The van der Waals surface area contributed by atoms with Gasteiger partial charge in [-0.25, -0.2) is 0 Å². The van der Waals surface area contributed by atoms with Gasteiger partial charge in [-0.1, -0.05) is 18.2 Å². The fourth-order valence-electron chi connectivity index (χ4n) is 2.45. The SMILES string of the molecule is CNC(Cc1ccsc1)c1cccc2ccncc12. The third-order valence-electron chi connectivity index (χ3n) is 3.46. The molecular formula is C16H16N2S. The first kappa shape index (κ1) is 12.3. The van der Waals surface area contributed by atoms with Gasteiger partial charge in [0, 0.05) is 23.8 Å². The summed E-state index contributed by atoms with van der Waals surface area (Å²) in [6.07, 6.45) is 4.82. The molecule has 0 spiro atoms. The van der Waals surface area contributed by atoms with Gasteiger partial charge in [-0.15, -0.1) is 0 Å². The molecule has 0 radical (unpaired) electrons. The van der Waals surface area contributed by atoms with Gasteiger partial charge in [-0.3, -0.25) is 4.98 Å². The molecule has 0 fully saturated rings. The number of thiophene rings is 1.